The van der Waals surface area contributed by atoms with Crippen LogP contribution in [-0.2, 0) is 6.54 Å². The molecule has 14 heavy (non-hydrogen) atoms. The van der Waals surface area contributed by atoms with Crippen LogP contribution in [0, 0.1) is 13.8 Å². The van der Waals surface area contributed by atoms with Crippen molar-refractivity contribution in [3.8, 4) is 0 Å². The van der Waals surface area contributed by atoms with E-state index >= 15 is 0 Å². The normalized spacial score (nSPS) is 11.1. The number of aromatic amines is 1. The second-order valence-corrected chi connectivity index (χ2v) is 3.31. The lowest BCUT2D eigenvalue weighted by molar-refractivity contribution is 0.873. The number of nitrogens with one attached hydrogen (secondary N) is 1. The highest BCUT2D eigenvalue weighted by atomic mass is 16.1. The molecule has 0 atom stereocenters. The number of nitrogens with zero attached hydrogens (tertiary/aromatic N) is 2. The molecule has 0 unspecified atom stereocenters. The topological polar surface area (TPSA) is 76.2 Å². The maximum atomic E-state index is 11.5. The highest BCUT2D eigenvalue weighted by molar-refractivity contribution is 5.49. The molecule has 0 fully saturated rings. The van der Waals surface area contributed by atoms with Gasteiger partial charge >= 0.3 is 0 Å². The Balaban J connectivity index is 2.95. The second-order valence-electron chi connectivity index (χ2n) is 3.31. The minimum Gasteiger partial charge on any atom is -0.326 e. The van der Waals surface area contributed by atoms with Crippen LogP contribution in [0.5, 0.6) is 0 Å². The molecule has 0 aromatic carbocycles. The van der Waals surface area contributed by atoms with Gasteiger partial charge in [0, 0.05) is 29.6 Å². The standard InChI is InChI=1S/C9H12N4O/c1-5-3-8(14)13-9(11-5)7(4-10)6(2)12-13/h3,12H,4,10H2,1-2H3. The van der Waals surface area contributed by atoms with Crippen molar-refractivity contribution in [2.45, 2.75) is 20.4 Å². The van der Waals surface area contributed by atoms with Gasteiger partial charge in [-0.15, -0.1) is 0 Å². The molecule has 2 aromatic rings. The monoisotopic (exact) mass is 192 g/mol. The summed E-state index contributed by atoms with van der Waals surface area (Å²) in [6, 6.07) is 1.49. The minimum atomic E-state index is -0.102. The fourth-order valence-electron chi connectivity index (χ4n) is 1.55. The summed E-state index contributed by atoms with van der Waals surface area (Å²) in [5.41, 5.74) is 8.62. The van der Waals surface area contributed by atoms with E-state index in [9.17, 15) is 4.79 Å². The summed E-state index contributed by atoms with van der Waals surface area (Å²) in [5.74, 6) is 0. The van der Waals surface area contributed by atoms with E-state index in [1.807, 2.05) is 6.92 Å². The van der Waals surface area contributed by atoms with E-state index in [0.29, 0.717) is 17.9 Å². The highest BCUT2D eigenvalue weighted by Gasteiger charge is 2.09. The molecular weight excluding hydrogens is 180 g/mol. The van der Waals surface area contributed by atoms with Crippen molar-refractivity contribution in [2.24, 2.45) is 5.73 Å². The summed E-state index contributed by atoms with van der Waals surface area (Å²) >= 11 is 0. The number of H-pyrrole nitrogens is 1. The molecule has 5 heteroatoms. The SMILES string of the molecule is Cc1cc(=O)n2[nH]c(C)c(CN)c2n1. The molecule has 0 saturated heterocycles. The molecule has 0 aliphatic rings. The summed E-state index contributed by atoms with van der Waals surface area (Å²) in [7, 11) is 0. The lowest BCUT2D eigenvalue weighted by Crippen LogP contribution is -2.14. The van der Waals surface area contributed by atoms with Gasteiger partial charge in [-0.05, 0) is 13.8 Å². The van der Waals surface area contributed by atoms with Crippen LogP contribution in [0.2, 0.25) is 0 Å². The van der Waals surface area contributed by atoms with E-state index < -0.39 is 0 Å². The Hall–Kier alpha value is -1.62. The van der Waals surface area contributed by atoms with Crippen molar-refractivity contribution in [3.63, 3.8) is 0 Å². The van der Waals surface area contributed by atoms with Gasteiger partial charge in [0.2, 0.25) is 0 Å². The van der Waals surface area contributed by atoms with E-state index in [1.54, 1.807) is 6.92 Å². The quantitative estimate of drug-likeness (QED) is 0.672. The molecule has 3 N–H and O–H groups in total. The molecule has 74 valence electrons. The van der Waals surface area contributed by atoms with Crippen LogP contribution in [0.4, 0.5) is 0 Å². The first-order valence-electron chi connectivity index (χ1n) is 4.41. The zero-order chi connectivity index (χ0) is 10.3. The Morgan fingerprint density at radius 3 is 2.93 bits per heavy atom. The number of fused-ring (bicyclic) bond motifs is 1. The number of aryl methyl sites for hydroxylation is 2. The van der Waals surface area contributed by atoms with Crippen LogP contribution >= 0.6 is 0 Å². The third kappa shape index (κ3) is 1.13. The molecule has 2 heterocycles. The van der Waals surface area contributed by atoms with E-state index in [-0.39, 0.29) is 5.56 Å². The molecule has 0 spiro atoms. The van der Waals surface area contributed by atoms with Gasteiger partial charge in [-0.3, -0.25) is 9.89 Å². The minimum absolute atomic E-state index is 0.102. The third-order valence-electron chi connectivity index (χ3n) is 2.25. The van der Waals surface area contributed by atoms with Gasteiger partial charge in [0.25, 0.3) is 5.56 Å². The first-order valence-corrected chi connectivity index (χ1v) is 4.41. The zero-order valence-electron chi connectivity index (χ0n) is 8.16. The molecule has 2 aromatic heterocycles. The van der Waals surface area contributed by atoms with E-state index in [1.165, 1.54) is 10.6 Å². The second kappa shape index (κ2) is 2.95. The first kappa shape index (κ1) is 8.96. The number of rotatable bonds is 1. The van der Waals surface area contributed by atoms with Crippen molar-refractivity contribution in [1.29, 1.82) is 0 Å². The molecule has 0 aliphatic carbocycles. The van der Waals surface area contributed by atoms with Crippen molar-refractivity contribution in [1.82, 2.24) is 14.6 Å². The average molecular weight is 192 g/mol. The van der Waals surface area contributed by atoms with Gasteiger partial charge in [-0.25, -0.2) is 9.50 Å². The summed E-state index contributed by atoms with van der Waals surface area (Å²) in [6.07, 6.45) is 0. The first-order chi connectivity index (χ1) is 6.63. The smallest absolute Gasteiger partial charge is 0.272 e. The Kier molecular flexibility index (Phi) is 1.89. The summed E-state index contributed by atoms with van der Waals surface area (Å²) < 4.78 is 1.42. The predicted molar refractivity (Wildman–Crippen MR) is 53.2 cm³/mol. The lowest BCUT2D eigenvalue weighted by atomic mass is 10.2. The van der Waals surface area contributed by atoms with Crippen molar-refractivity contribution >= 4 is 5.65 Å². The Morgan fingerprint density at radius 2 is 2.29 bits per heavy atom. The Bertz CT molecular complexity index is 537. The van der Waals surface area contributed by atoms with E-state index in [0.717, 1.165) is 11.3 Å². The maximum Gasteiger partial charge on any atom is 0.272 e. The van der Waals surface area contributed by atoms with Crippen molar-refractivity contribution < 1.29 is 0 Å². The van der Waals surface area contributed by atoms with Crippen LogP contribution in [0.25, 0.3) is 5.65 Å². The predicted octanol–water partition coefficient (Wildman–Crippen LogP) is 0.0981. The Labute approximate surface area is 80.6 Å². The van der Waals surface area contributed by atoms with Gasteiger partial charge in [-0.2, -0.15) is 0 Å². The number of hydrogen-bond acceptors (Lipinski definition) is 3. The van der Waals surface area contributed by atoms with Crippen molar-refractivity contribution in [2.75, 3.05) is 0 Å². The molecule has 0 amide bonds. The fourth-order valence-corrected chi connectivity index (χ4v) is 1.55. The zero-order valence-corrected chi connectivity index (χ0v) is 8.16. The van der Waals surface area contributed by atoms with Crippen LogP contribution in [0.15, 0.2) is 10.9 Å². The summed E-state index contributed by atoms with van der Waals surface area (Å²) in [6.45, 7) is 4.06. The van der Waals surface area contributed by atoms with Gasteiger partial charge in [0.05, 0.1) is 0 Å². The lowest BCUT2D eigenvalue weighted by Gasteiger charge is -1.95. The molecule has 2 rings (SSSR count). The summed E-state index contributed by atoms with van der Waals surface area (Å²) in [5, 5.41) is 2.94. The van der Waals surface area contributed by atoms with Crippen LogP contribution in [0.1, 0.15) is 17.0 Å². The molecular formula is C9H12N4O. The van der Waals surface area contributed by atoms with E-state index in [4.69, 9.17) is 5.73 Å². The third-order valence-corrected chi connectivity index (χ3v) is 2.25. The Morgan fingerprint density at radius 1 is 1.57 bits per heavy atom. The number of hydrogen-bond donors (Lipinski definition) is 2. The molecule has 0 saturated carbocycles. The highest BCUT2D eigenvalue weighted by Crippen LogP contribution is 2.10. The molecule has 0 aliphatic heterocycles. The van der Waals surface area contributed by atoms with Gasteiger partial charge < -0.3 is 5.73 Å². The average Bonchev–Trinajstić information content (AvgIpc) is 2.41. The number of nitrogens with two attached hydrogens (primary N) is 1. The molecule has 0 bridgehead atoms. The van der Waals surface area contributed by atoms with Gasteiger partial charge in [-0.1, -0.05) is 0 Å². The largest absolute Gasteiger partial charge is 0.326 e. The van der Waals surface area contributed by atoms with Crippen LogP contribution < -0.4 is 11.3 Å². The van der Waals surface area contributed by atoms with Crippen molar-refractivity contribution in [3.05, 3.63) is 33.4 Å². The van der Waals surface area contributed by atoms with Gasteiger partial charge in [0.1, 0.15) is 0 Å². The van der Waals surface area contributed by atoms with Gasteiger partial charge in [0.15, 0.2) is 5.65 Å². The van der Waals surface area contributed by atoms with E-state index in [2.05, 4.69) is 10.1 Å². The molecule has 0 radical (unpaired) electrons. The van der Waals surface area contributed by atoms with Crippen LogP contribution in [-0.4, -0.2) is 14.6 Å². The van der Waals surface area contributed by atoms with Crippen LogP contribution in [0.3, 0.4) is 0 Å². The maximum absolute atomic E-state index is 11.5. The molecule has 5 nitrogen and oxygen atoms in total. The summed E-state index contributed by atoms with van der Waals surface area (Å²) in [4.78, 5) is 15.8. The number of aromatic nitrogens is 3. The fraction of sp³-hybridized carbons (Fsp3) is 0.333.